The van der Waals surface area contributed by atoms with Crippen molar-refractivity contribution in [2.24, 2.45) is 0 Å². The largest absolute Gasteiger partial charge is 0.737 e. The third-order valence-corrected chi connectivity index (χ3v) is 5.53. The molecule has 0 fully saturated rings. The Hall–Kier alpha value is -2.95. The predicted molar refractivity (Wildman–Crippen MR) is 98.2 cm³/mol. The lowest BCUT2D eigenvalue weighted by Crippen LogP contribution is -2.65. The predicted octanol–water partition coefficient (Wildman–Crippen LogP) is 4.78. The number of hydrogen-bond donors (Lipinski definition) is 0. The molecule has 5 aromatic rings. The second-order valence-electron chi connectivity index (χ2n) is 6.96. The van der Waals surface area contributed by atoms with Crippen molar-refractivity contribution in [3.63, 3.8) is 0 Å². The Kier molecular flexibility index (Phi) is 2.13. The molecule has 0 bridgehead atoms. The van der Waals surface area contributed by atoms with Crippen molar-refractivity contribution in [1.82, 2.24) is 4.48 Å². The maximum absolute atomic E-state index is 15.6. The fourth-order valence-electron chi connectivity index (χ4n) is 4.49. The summed E-state index contributed by atoms with van der Waals surface area (Å²) in [4.78, 5) is 0. The smallest absolute Gasteiger partial charge is 0.389 e. The van der Waals surface area contributed by atoms with Crippen LogP contribution in [0.2, 0.25) is 0 Å². The number of hydrogen-bond acceptors (Lipinski definition) is 0. The molecule has 3 heterocycles. The van der Waals surface area contributed by atoms with Gasteiger partial charge >= 0.3 is 6.97 Å². The standard InChI is InChI=1S/C20H13BF2N2/c1-12-4-9-17-16(11-12)15-8-7-13-5-6-14-3-2-10-24-19(14)18(13)20(15)25(17)21(24,22)23/h2-11H,1H3. The fourth-order valence-corrected chi connectivity index (χ4v) is 4.49. The third kappa shape index (κ3) is 1.39. The van der Waals surface area contributed by atoms with E-state index in [0.29, 0.717) is 16.6 Å². The lowest BCUT2D eigenvalue weighted by Gasteiger charge is -2.28. The fraction of sp³-hybridized carbons (Fsp3) is 0.0500. The van der Waals surface area contributed by atoms with E-state index in [2.05, 4.69) is 0 Å². The van der Waals surface area contributed by atoms with Crippen LogP contribution in [0.1, 0.15) is 5.56 Å². The zero-order valence-corrected chi connectivity index (χ0v) is 13.5. The lowest BCUT2D eigenvalue weighted by molar-refractivity contribution is -0.539. The van der Waals surface area contributed by atoms with Crippen molar-refractivity contribution in [3.05, 3.63) is 66.4 Å². The summed E-state index contributed by atoms with van der Waals surface area (Å²) < 4.78 is 33.7. The summed E-state index contributed by atoms with van der Waals surface area (Å²) >= 11 is 0. The van der Waals surface area contributed by atoms with Crippen LogP contribution in [0.15, 0.2) is 60.8 Å². The minimum atomic E-state index is -3.95. The van der Waals surface area contributed by atoms with Gasteiger partial charge in [-0.15, -0.1) is 0 Å². The maximum Gasteiger partial charge on any atom is 0.737 e. The lowest BCUT2D eigenvalue weighted by atomic mass is 9.89. The topological polar surface area (TPSA) is 8.81 Å². The summed E-state index contributed by atoms with van der Waals surface area (Å²) in [5, 5.41) is 4.54. The highest BCUT2D eigenvalue weighted by atomic mass is 19.2. The number of aryl methyl sites for hydroxylation is 1. The minimum Gasteiger partial charge on any atom is -0.389 e. The molecule has 0 N–H and O–H groups in total. The summed E-state index contributed by atoms with van der Waals surface area (Å²) in [7, 11) is 0. The molecule has 3 aromatic carbocycles. The van der Waals surface area contributed by atoms with E-state index < -0.39 is 6.97 Å². The van der Waals surface area contributed by atoms with Gasteiger partial charge in [0.2, 0.25) is 0 Å². The maximum atomic E-state index is 15.6. The summed E-state index contributed by atoms with van der Waals surface area (Å²) in [5.41, 5.74) is 2.95. The number of rotatable bonds is 0. The van der Waals surface area contributed by atoms with Crippen molar-refractivity contribution >= 4 is 50.5 Å². The van der Waals surface area contributed by atoms with Crippen LogP contribution >= 0.6 is 0 Å². The Morgan fingerprint density at radius 2 is 1.72 bits per heavy atom. The monoisotopic (exact) mass is 330 g/mol. The third-order valence-electron chi connectivity index (χ3n) is 5.53. The number of aromatic nitrogens is 2. The number of fused-ring (bicyclic) bond motifs is 3. The molecule has 0 spiro atoms. The van der Waals surface area contributed by atoms with Gasteiger partial charge in [-0.3, -0.25) is 0 Å². The van der Waals surface area contributed by atoms with Gasteiger partial charge in [0.25, 0.3) is 0 Å². The molecule has 0 saturated carbocycles. The quantitative estimate of drug-likeness (QED) is 0.285. The number of pyridine rings is 1. The summed E-state index contributed by atoms with van der Waals surface area (Å²) in [6, 6.07) is 17.3. The van der Waals surface area contributed by atoms with Crippen LogP contribution in [0.3, 0.4) is 0 Å². The van der Waals surface area contributed by atoms with Gasteiger partial charge in [0.1, 0.15) is 6.20 Å². The van der Waals surface area contributed by atoms with Gasteiger partial charge < -0.3 is 17.6 Å². The number of halogens is 2. The van der Waals surface area contributed by atoms with E-state index >= 15 is 8.63 Å². The molecule has 25 heavy (non-hydrogen) atoms. The Morgan fingerprint density at radius 3 is 2.60 bits per heavy atom. The van der Waals surface area contributed by atoms with Crippen LogP contribution in [0, 0.1) is 6.92 Å². The SMILES string of the molecule is Cc1ccc2c(c1)c1ccc3ccc4ccc[n+]5c4c3c1n2[B-]5(F)F. The van der Waals surface area contributed by atoms with Gasteiger partial charge in [0, 0.05) is 27.2 Å². The van der Waals surface area contributed by atoms with Crippen LogP contribution in [-0.4, -0.2) is 11.4 Å². The van der Waals surface area contributed by atoms with Crippen molar-refractivity contribution in [1.29, 1.82) is 0 Å². The summed E-state index contributed by atoms with van der Waals surface area (Å²) in [6.07, 6.45) is 1.50. The van der Waals surface area contributed by atoms with Crippen LogP contribution in [0.5, 0.6) is 0 Å². The molecule has 0 aliphatic carbocycles. The second-order valence-corrected chi connectivity index (χ2v) is 6.96. The molecule has 1 aliphatic heterocycles. The van der Waals surface area contributed by atoms with Gasteiger partial charge in [0.05, 0.1) is 5.39 Å². The minimum absolute atomic E-state index is 0.595. The highest BCUT2D eigenvalue weighted by molar-refractivity contribution is 6.60. The molecule has 6 rings (SSSR count). The molecule has 0 amide bonds. The van der Waals surface area contributed by atoms with Crippen molar-refractivity contribution in [3.8, 4) is 0 Å². The first-order chi connectivity index (χ1) is 12.1. The highest BCUT2D eigenvalue weighted by Gasteiger charge is 2.48. The molecule has 2 aromatic heterocycles. The Bertz CT molecular complexity index is 1390. The van der Waals surface area contributed by atoms with Crippen LogP contribution in [0.4, 0.5) is 8.63 Å². The first kappa shape index (κ1) is 13.4. The summed E-state index contributed by atoms with van der Waals surface area (Å²) in [6.45, 7) is -1.95. The van der Waals surface area contributed by atoms with Crippen LogP contribution in [0.25, 0.3) is 43.5 Å². The summed E-state index contributed by atoms with van der Waals surface area (Å²) in [5.74, 6) is 0. The van der Waals surface area contributed by atoms with Gasteiger partial charge in [-0.05, 0) is 42.6 Å². The van der Waals surface area contributed by atoms with Crippen molar-refractivity contribution in [2.45, 2.75) is 6.92 Å². The average molecular weight is 330 g/mol. The van der Waals surface area contributed by atoms with E-state index in [1.54, 1.807) is 6.07 Å². The van der Waals surface area contributed by atoms with E-state index in [9.17, 15) is 0 Å². The van der Waals surface area contributed by atoms with E-state index in [4.69, 9.17) is 0 Å². The van der Waals surface area contributed by atoms with E-state index in [1.807, 2.05) is 55.5 Å². The number of benzene rings is 3. The molecule has 1 aliphatic rings. The van der Waals surface area contributed by atoms with Crippen LogP contribution in [-0.2, 0) is 0 Å². The van der Waals surface area contributed by atoms with Crippen LogP contribution < -0.4 is 4.48 Å². The van der Waals surface area contributed by atoms with E-state index in [0.717, 1.165) is 32.5 Å². The van der Waals surface area contributed by atoms with Crippen molar-refractivity contribution in [2.75, 3.05) is 0 Å². The Labute approximate surface area is 141 Å². The highest BCUT2D eigenvalue weighted by Crippen LogP contribution is 2.41. The molecule has 5 heteroatoms. The van der Waals surface area contributed by atoms with E-state index in [-0.39, 0.29) is 0 Å². The normalized spacial score (nSPS) is 15.3. The molecule has 0 unspecified atom stereocenters. The molecule has 0 atom stereocenters. The first-order valence-electron chi connectivity index (χ1n) is 8.40. The first-order valence-corrected chi connectivity index (χ1v) is 8.40. The molecule has 0 radical (unpaired) electrons. The molecular weight excluding hydrogens is 317 g/mol. The van der Waals surface area contributed by atoms with E-state index in [1.165, 1.54) is 15.2 Å². The number of nitrogens with zero attached hydrogens (tertiary/aromatic N) is 2. The average Bonchev–Trinajstić information content (AvgIpc) is 2.94. The molecule has 120 valence electrons. The zero-order chi connectivity index (χ0) is 16.9. The Morgan fingerprint density at radius 1 is 0.920 bits per heavy atom. The van der Waals surface area contributed by atoms with Gasteiger partial charge in [-0.2, -0.15) is 0 Å². The molecule has 2 nitrogen and oxygen atoms in total. The second kappa shape index (κ2) is 3.99. The van der Waals surface area contributed by atoms with Crippen molar-refractivity contribution < 1.29 is 13.1 Å². The zero-order valence-electron chi connectivity index (χ0n) is 13.5. The van der Waals surface area contributed by atoms with Gasteiger partial charge in [-0.1, -0.05) is 29.8 Å². The Balaban J connectivity index is 2.07. The molecular formula is C20H13BF2N2. The van der Waals surface area contributed by atoms with Gasteiger partial charge in [0.15, 0.2) is 5.52 Å². The molecule has 0 saturated heterocycles. The van der Waals surface area contributed by atoms with Gasteiger partial charge in [-0.25, -0.2) is 0 Å².